The molecule has 1 amide bonds. The molecule has 0 bridgehead atoms. The standard InChI is InChI=1S/C10H15N3O3S/c1-11-17(15,16)7-6-13(9-14)8-10-4-2-3-5-12-10/h2-5,9,11H,6-8H2,1H3. The summed E-state index contributed by atoms with van der Waals surface area (Å²) in [5.74, 6) is -0.116. The minimum atomic E-state index is -3.29. The van der Waals surface area contributed by atoms with E-state index in [1.165, 1.54) is 11.9 Å². The number of nitrogens with zero attached hydrogens (tertiary/aromatic N) is 2. The topological polar surface area (TPSA) is 79.4 Å². The quantitative estimate of drug-likeness (QED) is 0.673. The van der Waals surface area contributed by atoms with Crippen molar-refractivity contribution in [1.82, 2.24) is 14.6 Å². The van der Waals surface area contributed by atoms with Gasteiger partial charge in [-0.25, -0.2) is 13.1 Å². The van der Waals surface area contributed by atoms with E-state index in [4.69, 9.17) is 0 Å². The van der Waals surface area contributed by atoms with E-state index in [1.807, 2.05) is 6.07 Å². The summed E-state index contributed by atoms with van der Waals surface area (Å²) in [4.78, 5) is 16.2. The van der Waals surface area contributed by atoms with E-state index in [1.54, 1.807) is 18.3 Å². The third-order valence-corrected chi connectivity index (χ3v) is 3.54. The molecule has 0 aliphatic rings. The lowest BCUT2D eigenvalue weighted by atomic mass is 10.3. The Morgan fingerprint density at radius 3 is 2.76 bits per heavy atom. The van der Waals surface area contributed by atoms with Gasteiger partial charge in [-0.15, -0.1) is 0 Å². The third kappa shape index (κ3) is 4.92. The maximum atomic E-state index is 11.2. The number of amides is 1. The molecule has 0 radical (unpaired) electrons. The molecular formula is C10H15N3O3S. The number of carbonyl (C=O) groups is 1. The second-order valence-electron chi connectivity index (χ2n) is 3.42. The van der Waals surface area contributed by atoms with Gasteiger partial charge in [0.2, 0.25) is 16.4 Å². The molecule has 0 fully saturated rings. The zero-order valence-electron chi connectivity index (χ0n) is 9.54. The monoisotopic (exact) mass is 257 g/mol. The largest absolute Gasteiger partial charge is 0.338 e. The molecule has 0 saturated heterocycles. The van der Waals surface area contributed by atoms with Crippen LogP contribution in [0.3, 0.4) is 0 Å². The van der Waals surface area contributed by atoms with Gasteiger partial charge in [-0.3, -0.25) is 9.78 Å². The van der Waals surface area contributed by atoms with Crippen molar-refractivity contribution in [2.24, 2.45) is 0 Å². The van der Waals surface area contributed by atoms with E-state index in [0.29, 0.717) is 13.0 Å². The van der Waals surface area contributed by atoms with Crippen LogP contribution in [0.4, 0.5) is 0 Å². The lowest BCUT2D eigenvalue weighted by Gasteiger charge is -2.16. The Kier molecular flexibility index (Phi) is 5.05. The molecule has 0 aromatic carbocycles. The molecular weight excluding hydrogens is 242 g/mol. The van der Waals surface area contributed by atoms with Crippen LogP contribution in [0.15, 0.2) is 24.4 Å². The molecule has 0 atom stereocenters. The van der Waals surface area contributed by atoms with Gasteiger partial charge >= 0.3 is 0 Å². The van der Waals surface area contributed by atoms with Crippen LogP contribution in [-0.4, -0.2) is 44.1 Å². The molecule has 0 aliphatic carbocycles. The molecule has 1 rings (SSSR count). The fourth-order valence-electron chi connectivity index (χ4n) is 1.21. The Hall–Kier alpha value is -1.47. The molecule has 0 aliphatic heterocycles. The van der Waals surface area contributed by atoms with Crippen LogP contribution in [0.5, 0.6) is 0 Å². The van der Waals surface area contributed by atoms with Crippen molar-refractivity contribution < 1.29 is 13.2 Å². The number of pyridine rings is 1. The SMILES string of the molecule is CNS(=O)(=O)CCN(C=O)Cc1ccccn1. The minimum Gasteiger partial charge on any atom is -0.338 e. The Bertz CT molecular complexity index is 447. The van der Waals surface area contributed by atoms with Gasteiger partial charge in [0.1, 0.15) is 0 Å². The third-order valence-electron chi connectivity index (χ3n) is 2.20. The summed E-state index contributed by atoms with van der Waals surface area (Å²) >= 11 is 0. The summed E-state index contributed by atoms with van der Waals surface area (Å²) in [7, 11) is -1.94. The molecule has 1 heterocycles. The summed E-state index contributed by atoms with van der Waals surface area (Å²) in [6.45, 7) is 0.451. The number of hydrogen-bond acceptors (Lipinski definition) is 4. The Morgan fingerprint density at radius 1 is 1.47 bits per heavy atom. The van der Waals surface area contributed by atoms with Gasteiger partial charge in [0.15, 0.2) is 0 Å². The van der Waals surface area contributed by atoms with Gasteiger partial charge < -0.3 is 4.90 Å². The number of rotatable bonds is 7. The van der Waals surface area contributed by atoms with Crippen LogP contribution >= 0.6 is 0 Å². The van der Waals surface area contributed by atoms with E-state index >= 15 is 0 Å². The molecule has 0 spiro atoms. The van der Waals surface area contributed by atoms with E-state index in [9.17, 15) is 13.2 Å². The Morgan fingerprint density at radius 2 is 2.24 bits per heavy atom. The highest BCUT2D eigenvalue weighted by atomic mass is 32.2. The summed E-state index contributed by atoms with van der Waals surface area (Å²) in [6.07, 6.45) is 2.25. The number of nitrogens with one attached hydrogen (secondary N) is 1. The van der Waals surface area contributed by atoms with Crippen LogP contribution in [-0.2, 0) is 21.4 Å². The molecule has 6 nitrogen and oxygen atoms in total. The number of sulfonamides is 1. The maximum Gasteiger partial charge on any atom is 0.213 e. The first-order valence-electron chi connectivity index (χ1n) is 5.08. The van der Waals surface area contributed by atoms with Crippen LogP contribution < -0.4 is 4.72 Å². The van der Waals surface area contributed by atoms with E-state index < -0.39 is 10.0 Å². The van der Waals surface area contributed by atoms with E-state index in [2.05, 4.69) is 9.71 Å². The molecule has 94 valence electrons. The molecule has 0 saturated carbocycles. The van der Waals surface area contributed by atoms with Crippen molar-refractivity contribution in [3.63, 3.8) is 0 Å². The average Bonchev–Trinajstić information content (AvgIpc) is 2.35. The van der Waals surface area contributed by atoms with Gasteiger partial charge in [-0.05, 0) is 19.2 Å². The van der Waals surface area contributed by atoms with Gasteiger partial charge in [-0.1, -0.05) is 6.07 Å². The van der Waals surface area contributed by atoms with E-state index in [0.717, 1.165) is 5.69 Å². The van der Waals surface area contributed by atoms with Crippen molar-refractivity contribution >= 4 is 16.4 Å². The van der Waals surface area contributed by atoms with Crippen LogP contribution in [0.2, 0.25) is 0 Å². The number of hydrogen-bond donors (Lipinski definition) is 1. The van der Waals surface area contributed by atoms with Crippen molar-refractivity contribution in [1.29, 1.82) is 0 Å². The molecule has 17 heavy (non-hydrogen) atoms. The fraction of sp³-hybridized carbons (Fsp3) is 0.400. The van der Waals surface area contributed by atoms with Crippen molar-refractivity contribution in [2.75, 3.05) is 19.3 Å². The molecule has 1 aromatic heterocycles. The van der Waals surface area contributed by atoms with Gasteiger partial charge in [0, 0.05) is 12.7 Å². The van der Waals surface area contributed by atoms with Gasteiger partial charge in [0.05, 0.1) is 18.0 Å². The average molecular weight is 257 g/mol. The summed E-state index contributed by atoms with van der Waals surface area (Å²) < 4.78 is 24.6. The Balaban J connectivity index is 2.53. The molecule has 0 unspecified atom stereocenters. The van der Waals surface area contributed by atoms with Crippen LogP contribution in [0.25, 0.3) is 0 Å². The van der Waals surface area contributed by atoms with E-state index in [-0.39, 0.29) is 12.3 Å². The highest BCUT2D eigenvalue weighted by Gasteiger charge is 2.10. The predicted molar refractivity (Wildman–Crippen MR) is 63.6 cm³/mol. The summed E-state index contributed by atoms with van der Waals surface area (Å²) in [6, 6.07) is 5.37. The van der Waals surface area contributed by atoms with Crippen molar-refractivity contribution in [2.45, 2.75) is 6.54 Å². The number of aromatic nitrogens is 1. The van der Waals surface area contributed by atoms with Crippen LogP contribution in [0, 0.1) is 0 Å². The predicted octanol–water partition coefficient (Wildman–Crippen LogP) is -0.411. The zero-order chi connectivity index (χ0) is 12.7. The minimum absolute atomic E-state index is 0.116. The molecule has 1 aromatic rings. The van der Waals surface area contributed by atoms with Crippen molar-refractivity contribution in [3.05, 3.63) is 30.1 Å². The normalized spacial score (nSPS) is 11.1. The highest BCUT2D eigenvalue weighted by molar-refractivity contribution is 7.89. The smallest absolute Gasteiger partial charge is 0.213 e. The first-order chi connectivity index (χ1) is 8.07. The Labute approximate surface area is 101 Å². The highest BCUT2D eigenvalue weighted by Crippen LogP contribution is 1.99. The molecule has 1 N–H and O–H groups in total. The lowest BCUT2D eigenvalue weighted by molar-refractivity contribution is -0.118. The van der Waals surface area contributed by atoms with Crippen LogP contribution in [0.1, 0.15) is 5.69 Å². The van der Waals surface area contributed by atoms with Gasteiger partial charge in [-0.2, -0.15) is 0 Å². The summed E-state index contributed by atoms with van der Waals surface area (Å²) in [5.41, 5.74) is 0.724. The first kappa shape index (κ1) is 13.6. The maximum absolute atomic E-state index is 11.2. The fourth-order valence-corrected chi connectivity index (χ4v) is 1.89. The second-order valence-corrected chi connectivity index (χ2v) is 5.47. The second kappa shape index (κ2) is 6.31. The summed E-state index contributed by atoms with van der Waals surface area (Å²) in [5, 5.41) is 0. The molecule has 7 heteroatoms. The van der Waals surface area contributed by atoms with Crippen molar-refractivity contribution in [3.8, 4) is 0 Å². The zero-order valence-corrected chi connectivity index (χ0v) is 10.4. The lowest BCUT2D eigenvalue weighted by Crippen LogP contribution is -2.32. The van der Waals surface area contributed by atoms with Gasteiger partial charge in [0.25, 0.3) is 0 Å². The first-order valence-corrected chi connectivity index (χ1v) is 6.73. The number of carbonyl (C=O) groups excluding carboxylic acids is 1.